The van der Waals surface area contributed by atoms with Gasteiger partial charge >= 0.3 is 0 Å². The molecule has 0 spiro atoms. The molecule has 1 aromatic heterocycles. The number of fused-ring (bicyclic) bond motifs is 1. The summed E-state index contributed by atoms with van der Waals surface area (Å²) in [6.45, 7) is 2.10. The number of hydrogen-bond donors (Lipinski definition) is 0. The lowest BCUT2D eigenvalue weighted by atomic mass is 10.2. The fourth-order valence-corrected chi connectivity index (χ4v) is 3.19. The Hall–Kier alpha value is -0.810. The third kappa shape index (κ3) is 2.40. The third-order valence-corrected chi connectivity index (χ3v) is 4.26. The van der Waals surface area contributed by atoms with Crippen molar-refractivity contribution in [3.8, 4) is 0 Å². The van der Waals surface area contributed by atoms with E-state index in [1.54, 1.807) is 0 Å². The maximum absolute atomic E-state index is 4.62. The van der Waals surface area contributed by atoms with E-state index in [0.717, 1.165) is 34.4 Å². The van der Waals surface area contributed by atoms with Crippen LogP contribution in [0.15, 0.2) is 28.9 Å². The summed E-state index contributed by atoms with van der Waals surface area (Å²) in [7, 11) is 0. The number of nitrogens with zero attached hydrogens (tertiary/aromatic N) is 3. The van der Waals surface area contributed by atoms with Gasteiger partial charge in [-0.25, -0.2) is 9.97 Å². The van der Waals surface area contributed by atoms with Gasteiger partial charge in [0.15, 0.2) is 0 Å². The largest absolute Gasteiger partial charge is 0.339 e. The zero-order valence-electron chi connectivity index (χ0n) is 9.27. The summed E-state index contributed by atoms with van der Waals surface area (Å²) >= 11 is 5.45. The standard InChI is InChI=1S/C12H12BrN3S/c13-10-1-2-11-9(7-10)8-14-12(15-11)16-3-5-17-6-4-16/h1-2,7-8H,3-6H2. The van der Waals surface area contributed by atoms with Crippen LogP contribution >= 0.6 is 27.7 Å². The molecule has 5 heteroatoms. The molecule has 88 valence electrons. The van der Waals surface area contributed by atoms with Gasteiger partial charge in [0.2, 0.25) is 5.95 Å². The van der Waals surface area contributed by atoms with Gasteiger partial charge in [-0.2, -0.15) is 11.8 Å². The predicted molar refractivity (Wildman–Crippen MR) is 76.8 cm³/mol. The smallest absolute Gasteiger partial charge is 0.225 e. The quantitative estimate of drug-likeness (QED) is 0.810. The Labute approximate surface area is 113 Å². The van der Waals surface area contributed by atoms with Gasteiger partial charge in [0.25, 0.3) is 0 Å². The monoisotopic (exact) mass is 309 g/mol. The molecule has 0 atom stereocenters. The summed E-state index contributed by atoms with van der Waals surface area (Å²) < 4.78 is 1.07. The van der Waals surface area contributed by atoms with E-state index in [4.69, 9.17) is 0 Å². The van der Waals surface area contributed by atoms with Crippen LogP contribution in [0.1, 0.15) is 0 Å². The highest BCUT2D eigenvalue weighted by Crippen LogP contribution is 2.21. The molecule has 0 amide bonds. The maximum Gasteiger partial charge on any atom is 0.225 e. The number of thioether (sulfide) groups is 1. The first kappa shape index (κ1) is 11.3. The van der Waals surface area contributed by atoms with E-state index in [9.17, 15) is 0 Å². The number of halogens is 1. The Morgan fingerprint density at radius 3 is 2.88 bits per heavy atom. The lowest BCUT2D eigenvalue weighted by Crippen LogP contribution is -2.33. The van der Waals surface area contributed by atoms with Gasteiger partial charge in [-0.05, 0) is 18.2 Å². The van der Waals surface area contributed by atoms with Crippen LogP contribution in [0.2, 0.25) is 0 Å². The molecule has 1 saturated heterocycles. The zero-order valence-corrected chi connectivity index (χ0v) is 11.7. The van der Waals surface area contributed by atoms with Crippen LogP contribution < -0.4 is 4.90 Å². The normalized spacial score (nSPS) is 16.4. The second-order valence-corrected chi connectivity index (χ2v) is 6.11. The Morgan fingerprint density at radius 2 is 2.06 bits per heavy atom. The Bertz CT molecular complexity index is 540. The molecule has 1 fully saturated rings. The van der Waals surface area contributed by atoms with E-state index in [1.165, 1.54) is 11.5 Å². The molecule has 0 saturated carbocycles. The summed E-state index contributed by atoms with van der Waals surface area (Å²) in [5.41, 5.74) is 1.01. The molecule has 17 heavy (non-hydrogen) atoms. The molecule has 3 rings (SSSR count). The Morgan fingerprint density at radius 1 is 1.24 bits per heavy atom. The Balaban J connectivity index is 1.98. The minimum Gasteiger partial charge on any atom is -0.339 e. The van der Waals surface area contributed by atoms with E-state index in [-0.39, 0.29) is 0 Å². The molecule has 0 bridgehead atoms. The van der Waals surface area contributed by atoms with Crippen molar-refractivity contribution in [2.45, 2.75) is 0 Å². The maximum atomic E-state index is 4.62. The highest BCUT2D eigenvalue weighted by molar-refractivity contribution is 9.10. The summed E-state index contributed by atoms with van der Waals surface area (Å²) in [4.78, 5) is 11.3. The van der Waals surface area contributed by atoms with Crippen LogP contribution in [0, 0.1) is 0 Å². The number of hydrogen-bond acceptors (Lipinski definition) is 4. The number of benzene rings is 1. The zero-order chi connectivity index (χ0) is 11.7. The summed E-state index contributed by atoms with van der Waals surface area (Å²) in [6.07, 6.45) is 1.91. The molecule has 2 aromatic rings. The van der Waals surface area contributed by atoms with Gasteiger partial charge < -0.3 is 4.90 Å². The number of anilines is 1. The molecular weight excluding hydrogens is 298 g/mol. The van der Waals surface area contributed by atoms with Crippen molar-refractivity contribution in [2.24, 2.45) is 0 Å². The average molecular weight is 310 g/mol. The van der Waals surface area contributed by atoms with Crippen molar-refractivity contribution >= 4 is 44.5 Å². The Kier molecular flexibility index (Phi) is 3.20. The van der Waals surface area contributed by atoms with Crippen molar-refractivity contribution < 1.29 is 0 Å². The first-order valence-electron chi connectivity index (χ1n) is 5.58. The van der Waals surface area contributed by atoms with Gasteiger partial charge in [0.1, 0.15) is 0 Å². The minimum absolute atomic E-state index is 0.861. The fraction of sp³-hybridized carbons (Fsp3) is 0.333. The van der Waals surface area contributed by atoms with Crippen molar-refractivity contribution in [1.82, 2.24) is 9.97 Å². The van der Waals surface area contributed by atoms with Crippen LogP contribution in [0.4, 0.5) is 5.95 Å². The van der Waals surface area contributed by atoms with Crippen LogP contribution in [-0.2, 0) is 0 Å². The highest BCUT2D eigenvalue weighted by Gasteiger charge is 2.13. The van der Waals surface area contributed by atoms with Crippen LogP contribution in [0.25, 0.3) is 10.9 Å². The molecule has 0 aliphatic carbocycles. The molecule has 1 aliphatic rings. The van der Waals surface area contributed by atoms with Crippen molar-refractivity contribution in [2.75, 3.05) is 29.5 Å². The van der Waals surface area contributed by atoms with Gasteiger partial charge in [0, 0.05) is 40.7 Å². The van der Waals surface area contributed by atoms with Crippen molar-refractivity contribution in [3.63, 3.8) is 0 Å². The van der Waals surface area contributed by atoms with E-state index in [0.29, 0.717) is 0 Å². The lowest BCUT2D eigenvalue weighted by Gasteiger charge is -2.26. The topological polar surface area (TPSA) is 29.0 Å². The first-order valence-corrected chi connectivity index (χ1v) is 7.53. The number of rotatable bonds is 1. The van der Waals surface area contributed by atoms with E-state index in [1.807, 2.05) is 36.2 Å². The van der Waals surface area contributed by atoms with Gasteiger partial charge in [-0.1, -0.05) is 15.9 Å². The van der Waals surface area contributed by atoms with Gasteiger partial charge in [-0.15, -0.1) is 0 Å². The average Bonchev–Trinajstić information content (AvgIpc) is 2.39. The molecule has 0 N–H and O–H groups in total. The first-order chi connectivity index (χ1) is 8.33. The summed E-state index contributed by atoms with van der Waals surface area (Å²) in [6, 6.07) is 6.10. The second-order valence-electron chi connectivity index (χ2n) is 3.97. The summed E-state index contributed by atoms with van der Waals surface area (Å²) in [5, 5.41) is 1.08. The van der Waals surface area contributed by atoms with Crippen LogP contribution in [0.5, 0.6) is 0 Å². The fourth-order valence-electron chi connectivity index (χ4n) is 1.91. The van der Waals surface area contributed by atoms with Crippen LogP contribution in [-0.4, -0.2) is 34.6 Å². The lowest BCUT2D eigenvalue weighted by molar-refractivity contribution is 0.820. The third-order valence-electron chi connectivity index (χ3n) is 2.82. The highest BCUT2D eigenvalue weighted by atomic mass is 79.9. The number of aromatic nitrogens is 2. The molecule has 0 radical (unpaired) electrons. The predicted octanol–water partition coefficient (Wildman–Crippen LogP) is 2.95. The molecule has 3 nitrogen and oxygen atoms in total. The van der Waals surface area contributed by atoms with Crippen molar-refractivity contribution in [3.05, 3.63) is 28.9 Å². The summed E-state index contributed by atoms with van der Waals surface area (Å²) in [5.74, 6) is 3.20. The van der Waals surface area contributed by atoms with E-state index >= 15 is 0 Å². The minimum atomic E-state index is 0.861. The van der Waals surface area contributed by atoms with Gasteiger partial charge in [0.05, 0.1) is 5.52 Å². The SMILES string of the molecule is Brc1ccc2nc(N3CCSCC3)ncc2c1. The molecular formula is C12H12BrN3S. The van der Waals surface area contributed by atoms with Crippen molar-refractivity contribution in [1.29, 1.82) is 0 Å². The van der Waals surface area contributed by atoms with E-state index in [2.05, 4.69) is 30.8 Å². The molecule has 2 heterocycles. The molecule has 0 unspecified atom stereocenters. The van der Waals surface area contributed by atoms with E-state index < -0.39 is 0 Å². The van der Waals surface area contributed by atoms with Crippen LogP contribution in [0.3, 0.4) is 0 Å². The molecule has 1 aliphatic heterocycles. The molecule has 1 aromatic carbocycles. The van der Waals surface area contributed by atoms with Gasteiger partial charge in [-0.3, -0.25) is 0 Å². The second kappa shape index (κ2) is 4.82.